The molecule has 1 heterocycles. The molecule has 0 N–H and O–H groups in total. The van der Waals surface area contributed by atoms with Crippen molar-refractivity contribution in [2.75, 3.05) is 47.0 Å². The molecule has 1 aliphatic heterocycles. The number of piperazine rings is 1. The Morgan fingerprint density at radius 1 is 0.935 bits per heavy atom. The number of amides is 2. The van der Waals surface area contributed by atoms with Gasteiger partial charge in [-0.25, -0.2) is 0 Å². The number of hydrogen-bond acceptors (Lipinski definition) is 5. The molecule has 0 atom stereocenters. The monoisotopic (exact) mass is 444 g/mol. The van der Waals surface area contributed by atoms with Crippen molar-refractivity contribution in [1.82, 2.24) is 9.80 Å². The molecule has 2 amide bonds. The highest BCUT2D eigenvalue weighted by Crippen LogP contribution is 2.25. The predicted molar refractivity (Wildman–Crippen MR) is 119 cm³/mol. The number of halogens is 1. The van der Waals surface area contributed by atoms with E-state index in [2.05, 4.69) is 0 Å². The summed E-state index contributed by atoms with van der Waals surface area (Å²) in [7, 11) is 3.16. The highest BCUT2D eigenvalue weighted by molar-refractivity contribution is 6.30. The highest BCUT2D eigenvalue weighted by atomic mass is 35.5. The van der Waals surface area contributed by atoms with Gasteiger partial charge in [-0.15, -0.1) is 0 Å². The van der Waals surface area contributed by atoms with Gasteiger partial charge >= 0.3 is 0 Å². The Balaban J connectivity index is 1.49. The number of carbonyl (C=O) groups excluding carboxylic acids is 2. The molecule has 8 heteroatoms. The summed E-state index contributed by atoms with van der Waals surface area (Å²) in [5, 5.41) is 0.610. The lowest BCUT2D eigenvalue weighted by atomic mass is 10.1. The van der Waals surface area contributed by atoms with Crippen molar-refractivity contribution in [3.63, 3.8) is 0 Å². The Morgan fingerprint density at radius 3 is 2.23 bits per heavy atom. The normalized spacial score (nSPS) is 13.9. The summed E-state index contributed by atoms with van der Waals surface area (Å²) in [4.78, 5) is 28.4. The van der Waals surface area contributed by atoms with Crippen LogP contribution in [0.4, 0.5) is 0 Å². The number of rotatable bonds is 7. The van der Waals surface area contributed by atoms with Gasteiger partial charge in [-0.1, -0.05) is 11.6 Å². The first-order chi connectivity index (χ1) is 15.0. The van der Waals surface area contributed by atoms with Crippen LogP contribution in [0.2, 0.25) is 5.02 Å². The van der Waals surface area contributed by atoms with Crippen molar-refractivity contribution < 1.29 is 23.8 Å². The van der Waals surface area contributed by atoms with Gasteiger partial charge in [0.15, 0.2) is 6.61 Å². The topological polar surface area (TPSA) is 68.3 Å². The summed E-state index contributed by atoms with van der Waals surface area (Å²) in [5.74, 6) is 1.69. The van der Waals surface area contributed by atoms with Crippen LogP contribution in [-0.4, -0.2) is 68.6 Å². The third-order valence-electron chi connectivity index (χ3n) is 4.96. The largest absolute Gasteiger partial charge is 0.497 e. The smallest absolute Gasteiger partial charge is 0.260 e. The molecule has 3 rings (SSSR count). The number of methoxy groups -OCH3 is 2. The van der Waals surface area contributed by atoms with Crippen molar-refractivity contribution in [3.8, 4) is 17.2 Å². The number of nitrogens with zero attached hydrogens (tertiary/aromatic N) is 2. The highest BCUT2D eigenvalue weighted by Gasteiger charge is 2.23. The van der Waals surface area contributed by atoms with Crippen molar-refractivity contribution in [1.29, 1.82) is 0 Å². The van der Waals surface area contributed by atoms with Crippen LogP contribution in [-0.2, 0) is 9.59 Å². The van der Waals surface area contributed by atoms with Gasteiger partial charge in [0.25, 0.3) is 5.91 Å². The van der Waals surface area contributed by atoms with Crippen LogP contribution in [0.15, 0.2) is 48.5 Å². The average molecular weight is 445 g/mol. The van der Waals surface area contributed by atoms with Crippen molar-refractivity contribution in [2.45, 2.75) is 0 Å². The van der Waals surface area contributed by atoms with Gasteiger partial charge in [0.2, 0.25) is 5.91 Å². The number of hydrogen-bond donors (Lipinski definition) is 0. The summed E-state index contributed by atoms with van der Waals surface area (Å²) in [6.45, 7) is 1.80. The Labute approximate surface area is 186 Å². The van der Waals surface area contributed by atoms with Crippen LogP contribution in [0, 0.1) is 0 Å². The summed E-state index contributed by atoms with van der Waals surface area (Å²) in [6, 6.07) is 12.2. The van der Waals surface area contributed by atoms with E-state index in [4.69, 9.17) is 25.8 Å². The van der Waals surface area contributed by atoms with Gasteiger partial charge in [0.05, 0.1) is 14.2 Å². The van der Waals surface area contributed by atoms with E-state index in [1.807, 2.05) is 0 Å². The minimum Gasteiger partial charge on any atom is -0.497 e. The van der Waals surface area contributed by atoms with Crippen molar-refractivity contribution in [2.24, 2.45) is 0 Å². The maximum Gasteiger partial charge on any atom is 0.260 e. The first kappa shape index (κ1) is 22.5. The van der Waals surface area contributed by atoms with Crippen molar-refractivity contribution >= 4 is 29.5 Å². The standard InChI is InChI=1S/C23H25ClN2O5/c1-29-20-8-9-21(30-2)17(15-20)3-10-22(27)25-11-13-26(14-12-25)23(28)16-31-19-6-4-18(24)5-7-19/h3-10,15H,11-14,16H2,1-2H3/b10-3+. The third-order valence-corrected chi connectivity index (χ3v) is 5.21. The fraction of sp³-hybridized carbons (Fsp3) is 0.304. The molecule has 2 aromatic rings. The summed E-state index contributed by atoms with van der Waals surface area (Å²) in [6.07, 6.45) is 3.22. The molecule has 31 heavy (non-hydrogen) atoms. The molecule has 164 valence electrons. The molecule has 1 fully saturated rings. The minimum absolute atomic E-state index is 0.0505. The minimum atomic E-state index is -0.116. The molecule has 0 aromatic heterocycles. The SMILES string of the molecule is COc1ccc(OC)c(/C=C/C(=O)N2CCN(C(=O)COc3ccc(Cl)cc3)CC2)c1. The lowest BCUT2D eigenvalue weighted by molar-refractivity contribution is -0.138. The predicted octanol–water partition coefficient (Wildman–Crippen LogP) is 3.12. The Bertz CT molecular complexity index is 937. The van der Waals surface area contributed by atoms with Gasteiger partial charge in [-0.3, -0.25) is 9.59 Å². The van der Waals surface area contributed by atoms with Gasteiger partial charge in [0, 0.05) is 42.8 Å². The number of ether oxygens (including phenoxy) is 3. The molecule has 0 radical (unpaired) electrons. The summed E-state index contributed by atoms with van der Waals surface area (Å²) >= 11 is 5.84. The number of carbonyl (C=O) groups is 2. The molecule has 0 unspecified atom stereocenters. The van der Waals surface area contributed by atoms with E-state index in [9.17, 15) is 9.59 Å². The summed E-state index contributed by atoms with van der Waals surface area (Å²) in [5.41, 5.74) is 0.753. The molecule has 0 saturated carbocycles. The number of benzene rings is 2. The second-order valence-electron chi connectivity index (χ2n) is 6.89. The zero-order valence-corrected chi connectivity index (χ0v) is 18.3. The van der Waals surface area contributed by atoms with E-state index >= 15 is 0 Å². The molecule has 0 spiro atoms. The fourth-order valence-electron chi connectivity index (χ4n) is 3.18. The first-order valence-corrected chi connectivity index (χ1v) is 10.2. The molecular formula is C23H25ClN2O5. The van der Waals surface area contributed by atoms with Gasteiger partial charge in [-0.2, -0.15) is 0 Å². The lowest BCUT2D eigenvalue weighted by Crippen LogP contribution is -2.51. The second kappa shape index (κ2) is 10.7. The van der Waals surface area contributed by atoms with Crippen LogP contribution in [0.3, 0.4) is 0 Å². The van der Waals surface area contributed by atoms with E-state index in [1.54, 1.807) is 72.6 Å². The van der Waals surface area contributed by atoms with E-state index in [0.717, 1.165) is 5.56 Å². The van der Waals surface area contributed by atoms with Crippen LogP contribution >= 0.6 is 11.6 Å². The maximum atomic E-state index is 12.6. The Hall–Kier alpha value is -3.19. The second-order valence-corrected chi connectivity index (χ2v) is 7.33. The molecule has 1 saturated heterocycles. The zero-order chi connectivity index (χ0) is 22.2. The molecule has 1 aliphatic rings. The van der Waals surface area contributed by atoms with Crippen LogP contribution in [0.1, 0.15) is 5.56 Å². The lowest BCUT2D eigenvalue weighted by Gasteiger charge is -2.34. The maximum absolute atomic E-state index is 12.6. The molecule has 2 aromatic carbocycles. The summed E-state index contributed by atoms with van der Waals surface area (Å²) < 4.78 is 16.1. The quantitative estimate of drug-likeness (QED) is 0.614. The third kappa shape index (κ3) is 6.15. The van der Waals surface area contributed by atoms with Gasteiger partial charge < -0.3 is 24.0 Å². The Morgan fingerprint density at radius 2 is 1.58 bits per heavy atom. The fourth-order valence-corrected chi connectivity index (χ4v) is 3.31. The molecule has 7 nitrogen and oxygen atoms in total. The molecule has 0 aliphatic carbocycles. The van der Waals surface area contributed by atoms with Crippen molar-refractivity contribution in [3.05, 3.63) is 59.1 Å². The van der Waals surface area contributed by atoms with Crippen LogP contribution in [0.25, 0.3) is 6.08 Å². The van der Waals surface area contributed by atoms with Crippen LogP contribution in [0.5, 0.6) is 17.2 Å². The van der Waals surface area contributed by atoms with E-state index in [1.165, 1.54) is 6.08 Å². The van der Waals surface area contributed by atoms with E-state index in [-0.39, 0.29) is 18.4 Å². The van der Waals surface area contributed by atoms with E-state index in [0.29, 0.717) is 48.5 Å². The Kier molecular flexibility index (Phi) is 7.78. The average Bonchev–Trinajstić information content (AvgIpc) is 2.81. The van der Waals surface area contributed by atoms with Gasteiger partial charge in [-0.05, 0) is 48.5 Å². The first-order valence-electron chi connectivity index (χ1n) is 9.85. The van der Waals surface area contributed by atoms with Crippen LogP contribution < -0.4 is 14.2 Å². The van der Waals surface area contributed by atoms with E-state index < -0.39 is 0 Å². The molecular weight excluding hydrogens is 420 g/mol. The van der Waals surface area contributed by atoms with Gasteiger partial charge in [0.1, 0.15) is 17.2 Å². The zero-order valence-electron chi connectivity index (χ0n) is 17.5. The molecule has 0 bridgehead atoms.